The summed E-state index contributed by atoms with van der Waals surface area (Å²) in [4.78, 5) is 22.5. The zero-order chi connectivity index (χ0) is 50.9. The average Bonchev–Trinajstić information content (AvgIpc) is 4.08. The van der Waals surface area contributed by atoms with Crippen LogP contribution < -0.4 is 0 Å². The van der Waals surface area contributed by atoms with E-state index < -0.39 is 0 Å². The van der Waals surface area contributed by atoms with Crippen LogP contribution in [-0.2, 0) is 4.74 Å². The predicted octanol–water partition coefficient (Wildman–Crippen LogP) is 11.3. The summed E-state index contributed by atoms with van der Waals surface area (Å²) >= 11 is 0. The highest BCUT2D eigenvalue weighted by molar-refractivity contribution is 4.76. The van der Waals surface area contributed by atoms with Crippen molar-refractivity contribution in [3.63, 3.8) is 0 Å². The van der Waals surface area contributed by atoms with Gasteiger partial charge in [0, 0.05) is 101 Å². The largest absolute Gasteiger partial charge is 0.379 e. The number of piperidine rings is 2. The number of rotatable bonds is 8. The van der Waals surface area contributed by atoms with Crippen molar-refractivity contribution in [3.8, 4) is 0 Å². The molecular weight excluding hydrogens is 851 g/mol. The lowest BCUT2D eigenvalue weighted by molar-refractivity contribution is 0.0238. The standard InChI is InChI=1S/C9H19N.C8H18N2.2C8H17N.C7H15NO.C7H15N.C6H13N.C5H11N.CH4/c1-9(2)10-7-5-3-4-6-8-10;1-8(2)10-6-4-9(3)5-7-10;2*1-8(2)9-6-4-3-5-7-9;1-7(2)8-3-5-9-6-4-8;1-7(2)8-5-3-4-6-8;1-6(2)7-4-3-5-7;1-5(2)6-3-4-6;/h9H,3-8H2,1-2H3;8H,4-7H2,1-3H3;2*8H,3-7H2,1-2H3;7H,3-6H2,1-2H3;7H,3-6H2,1-2H3;6H,3-5H2,1-2H3;5H,3-4H2,1-2H3;1H4. The molecule has 8 heterocycles. The number of likely N-dealkylation sites (N-methyl/N-ethyl adjacent to an activating group) is 1. The third kappa shape index (κ3) is 35.4. The van der Waals surface area contributed by atoms with Crippen LogP contribution in [0.4, 0.5) is 0 Å². The first-order chi connectivity index (χ1) is 32.3. The van der Waals surface area contributed by atoms with Gasteiger partial charge in [-0.05, 0) is 241 Å². The SMILES string of the molecule is C.CC(C)N1CC1.CC(C)N1CCC1.CC(C)N1CCCC1.CC(C)N1CCCCC1.CC(C)N1CCCCC1.CC(C)N1CCCCCC1.CC(C)N1CCN(C)CC1.CC(C)N1CCOCC1. The van der Waals surface area contributed by atoms with E-state index in [1.165, 1.54) is 188 Å². The van der Waals surface area contributed by atoms with Crippen LogP contribution in [0.1, 0.15) is 202 Å². The molecule has 0 radical (unpaired) electrons. The Hall–Kier alpha value is -0.400. The Morgan fingerprint density at radius 1 is 0.217 bits per heavy atom. The molecule has 416 valence electrons. The van der Waals surface area contributed by atoms with Crippen LogP contribution in [0.5, 0.6) is 0 Å². The fourth-order valence-electron chi connectivity index (χ4n) is 9.60. The second-order valence-electron chi connectivity index (χ2n) is 23.5. The molecule has 0 atom stereocenters. The van der Waals surface area contributed by atoms with Crippen LogP contribution >= 0.6 is 0 Å². The third-order valence-electron chi connectivity index (χ3n) is 15.4. The first-order valence-electron chi connectivity index (χ1n) is 29.5. The van der Waals surface area contributed by atoms with Gasteiger partial charge in [0.25, 0.3) is 0 Å². The first kappa shape index (κ1) is 68.6. The van der Waals surface area contributed by atoms with Gasteiger partial charge in [-0.1, -0.05) is 33.1 Å². The molecule has 8 rings (SSSR count). The van der Waals surface area contributed by atoms with Crippen molar-refractivity contribution in [1.29, 1.82) is 0 Å². The molecule has 0 aromatic carbocycles. The highest BCUT2D eigenvalue weighted by Crippen LogP contribution is 2.14. The van der Waals surface area contributed by atoms with Gasteiger partial charge in [-0.3, -0.25) is 14.7 Å². The van der Waals surface area contributed by atoms with E-state index in [1.807, 2.05) is 0 Å². The monoisotopic (exact) mass is 980 g/mol. The van der Waals surface area contributed by atoms with Crippen molar-refractivity contribution in [3.05, 3.63) is 0 Å². The topological polar surface area (TPSA) is 38.2 Å². The van der Waals surface area contributed by atoms with Crippen molar-refractivity contribution in [2.75, 3.05) is 138 Å². The van der Waals surface area contributed by atoms with Gasteiger partial charge in [0.05, 0.1) is 13.2 Å². The highest BCUT2D eigenvalue weighted by atomic mass is 16.5. The van der Waals surface area contributed by atoms with Crippen molar-refractivity contribution in [2.45, 2.75) is 250 Å². The van der Waals surface area contributed by atoms with Gasteiger partial charge in [0.1, 0.15) is 0 Å². The van der Waals surface area contributed by atoms with E-state index >= 15 is 0 Å². The first-order valence-corrected chi connectivity index (χ1v) is 29.5. The molecule has 0 amide bonds. The second-order valence-corrected chi connectivity index (χ2v) is 23.5. The van der Waals surface area contributed by atoms with E-state index in [9.17, 15) is 0 Å². The minimum Gasteiger partial charge on any atom is -0.379 e. The van der Waals surface area contributed by atoms with Gasteiger partial charge in [-0.15, -0.1) is 0 Å². The summed E-state index contributed by atoms with van der Waals surface area (Å²) in [5, 5.41) is 0. The summed E-state index contributed by atoms with van der Waals surface area (Å²) in [6, 6.07) is 6.08. The summed E-state index contributed by atoms with van der Waals surface area (Å²) < 4.78 is 5.21. The predicted molar refractivity (Wildman–Crippen MR) is 309 cm³/mol. The molecule has 69 heavy (non-hydrogen) atoms. The summed E-state index contributed by atoms with van der Waals surface area (Å²) in [6.07, 6.45) is 18.5. The Morgan fingerprint density at radius 3 is 0.580 bits per heavy atom. The molecule has 0 bridgehead atoms. The van der Waals surface area contributed by atoms with Crippen LogP contribution in [0.2, 0.25) is 0 Å². The number of piperazine rings is 1. The smallest absolute Gasteiger partial charge is 0.0594 e. The molecule has 0 aliphatic carbocycles. The molecular formula is C59H129N9O. The summed E-state index contributed by atoms with van der Waals surface area (Å²) in [5.41, 5.74) is 0. The Kier molecular flexibility index (Phi) is 41.7. The summed E-state index contributed by atoms with van der Waals surface area (Å²) in [7, 11) is 2.19. The lowest BCUT2D eigenvalue weighted by Gasteiger charge is -2.34. The van der Waals surface area contributed by atoms with Crippen LogP contribution in [-0.4, -0.2) is 231 Å². The number of hydrogen-bond donors (Lipinski definition) is 0. The van der Waals surface area contributed by atoms with Gasteiger partial charge in [-0.2, -0.15) is 0 Å². The van der Waals surface area contributed by atoms with Crippen molar-refractivity contribution < 1.29 is 4.74 Å². The number of likely N-dealkylation sites (tertiary alicyclic amines) is 5. The Bertz CT molecular complexity index is 1020. The van der Waals surface area contributed by atoms with Gasteiger partial charge in [0.2, 0.25) is 0 Å². The number of nitrogens with zero attached hydrogens (tertiary/aromatic N) is 9. The van der Waals surface area contributed by atoms with E-state index in [0.29, 0.717) is 6.04 Å². The molecule has 10 heteroatoms. The van der Waals surface area contributed by atoms with E-state index in [2.05, 4.69) is 162 Å². The lowest BCUT2D eigenvalue weighted by Crippen LogP contribution is -2.47. The molecule has 10 nitrogen and oxygen atoms in total. The van der Waals surface area contributed by atoms with E-state index in [-0.39, 0.29) is 7.43 Å². The third-order valence-corrected chi connectivity index (χ3v) is 15.4. The van der Waals surface area contributed by atoms with Gasteiger partial charge in [-0.25, -0.2) is 0 Å². The van der Waals surface area contributed by atoms with Gasteiger partial charge in [0.15, 0.2) is 0 Å². The fourth-order valence-corrected chi connectivity index (χ4v) is 9.60. The molecule has 0 aromatic rings. The minimum atomic E-state index is 0. The van der Waals surface area contributed by atoms with Crippen LogP contribution in [0.3, 0.4) is 0 Å². The van der Waals surface area contributed by atoms with E-state index in [0.717, 1.165) is 68.6 Å². The normalized spacial score (nSPS) is 22.7. The van der Waals surface area contributed by atoms with Gasteiger partial charge < -0.3 is 34.1 Å². The van der Waals surface area contributed by atoms with E-state index in [4.69, 9.17) is 4.74 Å². The fraction of sp³-hybridized carbons (Fsp3) is 1.00. The zero-order valence-corrected chi connectivity index (χ0v) is 49.4. The zero-order valence-electron chi connectivity index (χ0n) is 49.4. The number of ether oxygens (including phenoxy) is 1. The van der Waals surface area contributed by atoms with Crippen LogP contribution in [0.15, 0.2) is 0 Å². The van der Waals surface area contributed by atoms with Crippen molar-refractivity contribution >= 4 is 0 Å². The summed E-state index contributed by atoms with van der Waals surface area (Å²) in [6.45, 7) is 61.2. The molecule has 8 aliphatic heterocycles. The molecule has 8 aliphatic rings. The minimum absolute atomic E-state index is 0. The average molecular weight is 981 g/mol. The quantitative estimate of drug-likeness (QED) is 0.220. The maximum absolute atomic E-state index is 5.21. The van der Waals surface area contributed by atoms with E-state index in [1.54, 1.807) is 0 Å². The molecule has 8 saturated heterocycles. The maximum atomic E-state index is 5.21. The summed E-state index contributed by atoms with van der Waals surface area (Å²) in [5.74, 6) is 0. The highest BCUT2D eigenvalue weighted by Gasteiger charge is 2.20. The molecule has 0 saturated carbocycles. The van der Waals surface area contributed by atoms with Crippen molar-refractivity contribution in [2.24, 2.45) is 0 Å². The lowest BCUT2D eigenvalue weighted by atomic mass is 10.1. The maximum Gasteiger partial charge on any atom is 0.0594 e. The van der Waals surface area contributed by atoms with Gasteiger partial charge >= 0.3 is 0 Å². The molecule has 0 N–H and O–H groups in total. The molecule has 8 fully saturated rings. The molecule has 0 aromatic heterocycles. The van der Waals surface area contributed by atoms with Crippen molar-refractivity contribution in [1.82, 2.24) is 44.1 Å². The molecule has 0 spiro atoms. The molecule has 0 unspecified atom stereocenters. The Morgan fingerprint density at radius 2 is 0.391 bits per heavy atom. The number of hydrogen-bond acceptors (Lipinski definition) is 10. The second kappa shape index (κ2) is 41.9. The Balaban J connectivity index is 0.000000767. The number of morpholine rings is 1. The van der Waals surface area contributed by atoms with Crippen LogP contribution in [0, 0.1) is 0 Å². The van der Waals surface area contributed by atoms with Crippen LogP contribution in [0.25, 0.3) is 0 Å². The Labute approximate surface area is 435 Å².